The van der Waals surface area contributed by atoms with E-state index in [1.165, 1.54) is 0 Å². The minimum atomic E-state index is -4.34. The Hall–Kier alpha value is -0.860. The zero-order valence-electron chi connectivity index (χ0n) is 9.83. The summed E-state index contributed by atoms with van der Waals surface area (Å²) in [7, 11) is 0. The van der Waals surface area contributed by atoms with Crippen LogP contribution in [0.5, 0.6) is 0 Å². The van der Waals surface area contributed by atoms with Gasteiger partial charge in [-0.05, 0) is 12.8 Å². The predicted molar refractivity (Wildman–Crippen MR) is 56.8 cm³/mol. The van der Waals surface area contributed by atoms with E-state index in [0.29, 0.717) is 13.0 Å². The standard InChI is InChI=1S/C10H17F3N2O3/c11-10(12,13)6-17-4-3-15-9(16)8-2-1-7(5-14)18-8/h7-8H,1-6,14H2,(H,15,16). The molecule has 1 aliphatic heterocycles. The first-order valence-electron chi connectivity index (χ1n) is 5.70. The number of carbonyl (C=O) groups is 1. The number of halogens is 3. The van der Waals surface area contributed by atoms with Gasteiger partial charge in [-0.25, -0.2) is 0 Å². The van der Waals surface area contributed by atoms with Gasteiger partial charge in [0.1, 0.15) is 12.7 Å². The van der Waals surface area contributed by atoms with Crippen LogP contribution in [0.1, 0.15) is 12.8 Å². The first-order chi connectivity index (χ1) is 8.42. The van der Waals surface area contributed by atoms with Crippen molar-refractivity contribution in [3.63, 3.8) is 0 Å². The van der Waals surface area contributed by atoms with E-state index < -0.39 is 18.9 Å². The van der Waals surface area contributed by atoms with Crippen molar-refractivity contribution in [3.8, 4) is 0 Å². The van der Waals surface area contributed by atoms with E-state index in [2.05, 4.69) is 10.1 Å². The number of rotatable bonds is 6. The lowest BCUT2D eigenvalue weighted by Gasteiger charge is -2.13. The minimum Gasteiger partial charge on any atom is -0.370 e. The summed E-state index contributed by atoms with van der Waals surface area (Å²) in [5.41, 5.74) is 5.39. The molecule has 8 heteroatoms. The molecular formula is C10H17F3N2O3. The van der Waals surface area contributed by atoms with Crippen molar-refractivity contribution in [3.05, 3.63) is 0 Å². The third-order valence-electron chi connectivity index (χ3n) is 2.47. The molecule has 3 N–H and O–H groups in total. The highest BCUT2D eigenvalue weighted by Crippen LogP contribution is 2.18. The molecule has 2 atom stereocenters. The zero-order valence-corrected chi connectivity index (χ0v) is 9.83. The Bertz CT molecular complexity index is 274. The van der Waals surface area contributed by atoms with Gasteiger partial charge in [0.2, 0.25) is 5.91 Å². The molecule has 2 unspecified atom stereocenters. The van der Waals surface area contributed by atoms with Crippen molar-refractivity contribution in [1.82, 2.24) is 5.32 Å². The Labute approximate surface area is 103 Å². The van der Waals surface area contributed by atoms with Crippen LogP contribution in [-0.2, 0) is 14.3 Å². The molecule has 0 aromatic heterocycles. The lowest BCUT2D eigenvalue weighted by molar-refractivity contribution is -0.173. The average molecular weight is 270 g/mol. The van der Waals surface area contributed by atoms with E-state index in [-0.39, 0.29) is 25.2 Å². The first-order valence-corrected chi connectivity index (χ1v) is 5.70. The van der Waals surface area contributed by atoms with E-state index in [4.69, 9.17) is 10.5 Å². The molecule has 0 bridgehead atoms. The normalized spacial score (nSPS) is 24.2. The molecule has 1 saturated heterocycles. The number of hydrogen-bond acceptors (Lipinski definition) is 4. The van der Waals surface area contributed by atoms with Gasteiger partial charge in [-0.15, -0.1) is 0 Å². The van der Waals surface area contributed by atoms with Crippen LogP contribution in [0.4, 0.5) is 13.2 Å². The van der Waals surface area contributed by atoms with E-state index in [1.54, 1.807) is 0 Å². The van der Waals surface area contributed by atoms with E-state index in [0.717, 1.165) is 6.42 Å². The lowest BCUT2D eigenvalue weighted by atomic mass is 10.2. The van der Waals surface area contributed by atoms with Gasteiger partial charge in [0.25, 0.3) is 0 Å². The van der Waals surface area contributed by atoms with Crippen molar-refractivity contribution in [2.24, 2.45) is 5.73 Å². The van der Waals surface area contributed by atoms with E-state index >= 15 is 0 Å². The minimum absolute atomic E-state index is 0.0298. The number of nitrogens with two attached hydrogens (primary N) is 1. The molecule has 0 spiro atoms. The second kappa shape index (κ2) is 6.91. The second-order valence-electron chi connectivity index (χ2n) is 4.02. The van der Waals surface area contributed by atoms with Crippen molar-refractivity contribution >= 4 is 5.91 Å². The van der Waals surface area contributed by atoms with Gasteiger partial charge in [-0.1, -0.05) is 0 Å². The summed E-state index contributed by atoms with van der Waals surface area (Å²) in [5.74, 6) is -0.332. The average Bonchev–Trinajstić information content (AvgIpc) is 2.75. The molecule has 1 fully saturated rings. The Balaban J connectivity index is 2.07. The van der Waals surface area contributed by atoms with Crippen molar-refractivity contribution in [2.75, 3.05) is 26.3 Å². The number of carbonyl (C=O) groups excluding carboxylic acids is 1. The molecular weight excluding hydrogens is 253 g/mol. The Morgan fingerprint density at radius 2 is 2.17 bits per heavy atom. The van der Waals surface area contributed by atoms with Gasteiger partial charge in [0.05, 0.1) is 12.7 Å². The van der Waals surface area contributed by atoms with Crippen LogP contribution in [0.25, 0.3) is 0 Å². The number of amides is 1. The van der Waals surface area contributed by atoms with Crippen molar-refractivity contribution in [1.29, 1.82) is 0 Å². The lowest BCUT2D eigenvalue weighted by Crippen LogP contribution is -2.37. The number of alkyl halides is 3. The molecule has 0 aliphatic carbocycles. The molecule has 106 valence electrons. The third-order valence-corrected chi connectivity index (χ3v) is 2.47. The molecule has 0 aromatic carbocycles. The van der Waals surface area contributed by atoms with Crippen LogP contribution in [-0.4, -0.2) is 50.6 Å². The Morgan fingerprint density at radius 3 is 2.72 bits per heavy atom. The van der Waals surface area contributed by atoms with Gasteiger partial charge < -0.3 is 20.5 Å². The fraction of sp³-hybridized carbons (Fsp3) is 0.900. The maximum atomic E-state index is 11.7. The van der Waals surface area contributed by atoms with Crippen LogP contribution in [0.3, 0.4) is 0 Å². The molecule has 0 aromatic rings. The first kappa shape index (κ1) is 15.2. The Morgan fingerprint density at radius 1 is 1.44 bits per heavy atom. The summed E-state index contributed by atoms with van der Waals surface area (Å²) in [6.07, 6.45) is -3.70. The maximum absolute atomic E-state index is 11.7. The number of hydrogen-bond donors (Lipinski definition) is 2. The molecule has 1 amide bonds. The SMILES string of the molecule is NCC1CCC(C(=O)NCCOCC(F)(F)F)O1. The summed E-state index contributed by atoms with van der Waals surface area (Å²) in [4.78, 5) is 11.5. The van der Waals surface area contributed by atoms with Gasteiger partial charge in [-0.3, -0.25) is 4.79 Å². The molecule has 1 aliphatic rings. The smallest absolute Gasteiger partial charge is 0.370 e. The second-order valence-corrected chi connectivity index (χ2v) is 4.02. The molecule has 1 rings (SSSR count). The fourth-order valence-corrected chi connectivity index (χ4v) is 1.62. The summed E-state index contributed by atoms with van der Waals surface area (Å²) in [6.45, 7) is -1.10. The van der Waals surface area contributed by atoms with Crippen molar-refractivity contribution < 1.29 is 27.4 Å². The van der Waals surface area contributed by atoms with Gasteiger partial charge in [0.15, 0.2) is 0 Å². The topological polar surface area (TPSA) is 73.6 Å². The predicted octanol–water partition coefficient (Wildman–Crippen LogP) is 0.188. The molecule has 0 saturated carbocycles. The number of nitrogens with one attached hydrogen (secondary N) is 1. The van der Waals surface area contributed by atoms with E-state index in [1.807, 2.05) is 0 Å². The number of ether oxygens (including phenoxy) is 2. The van der Waals surface area contributed by atoms with Crippen LogP contribution < -0.4 is 11.1 Å². The molecule has 0 radical (unpaired) electrons. The summed E-state index contributed by atoms with van der Waals surface area (Å²) < 4.78 is 44.9. The van der Waals surface area contributed by atoms with Crippen LogP contribution in [0.2, 0.25) is 0 Å². The highest BCUT2D eigenvalue weighted by Gasteiger charge is 2.30. The van der Waals surface area contributed by atoms with Crippen LogP contribution in [0.15, 0.2) is 0 Å². The van der Waals surface area contributed by atoms with Gasteiger partial charge >= 0.3 is 6.18 Å². The monoisotopic (exact) mass is 270 g/mol. The maximum Gasteiger partial charge on any atom is 0.411 e. The summed E-state index contributed by atoms with van der Waals surface area (Å²) >= 11 is 0. The van der Waals surface area contributed by atoms with Crippen LogP contribution >= 0.6 is 0 Å². The van der Waals surface area contributed by atoms with Crippen molar-refractivity contribution in [2.45, 2.75) is 31.2 Å². The largest absolute Gasteiger partial charge is 0.411 e. The highest BCUT2D eigenvalue weighted by molar-refractivity contribution is 5.80. The van der Waals surface area contributed by atoms with Crippen LogP contribution in [0, 0.1) is 0 Å². The zero-order chi connectivity index (χ0) is 13.6. The molecule has 5 nitrogen and oxygen atoms in total. The summed E-state index contributed by atoms with van der Waals surface area (Å²) in [6, 6.07) is 0. The highest BCUT2D eigenvalue weighted by atomic mass is 19.4. The third kappa shape index (κ3) is 5.65. The van der Waals surface area contributed by atoms with Gasteiger partial charge in [-0.2, -0.15) is 13.2 Å². The summed E-state index contributed by atoms with van der Waals surface area (Å²) in [5, 5.41) is 2.46. The quantitative estimate of drug-likeness (QED) is 0.676. The Kier molecular flexibility index (Phi) is 5.83. The van der Waals surface area contributed by atoms with E-state index in [9.17, 15) is 18.0 Å². The van der Waals surface area contributed by atoms with Gasteiger partial charge in [0, 0.05) is 13.1 Å². The molecule has 18 heavy (non-hydrogen) atoms. The molecule has 1 heterocycles. The fourth-order valence-electron chi connectivity index (χ4n) is 1.62.